The molecule has 1 atom stereocenters. The number of amides is 2. The monoisotopic (exact) mass is 482 g/mol. The van der Waals surface area contributed by atoms with Gasteiger partial charge in [0.05, 0.1) is 12.8 Å². The quantitative estimate of drug-likeness (QED) is 0.275. The maximum absolute atomic E-state index is 12.8. The van der Waals surface area contributed by atoms with Crippen molar-refractivity contribution in [1.82, 2.24) is 15.3 Å². The van der Waals surface area contributed by atoms with Crippen LogP contribution < -0.4 is 10.7 Å². The number of esters is 1. The fourth-order valence-corrected chi connectivity index (χ4v) is 3.58. The lowest BCUT2D eigenvalue weighted by atomic mass is 10.0. The zero-order valence-electron chi connectivity index (χ0n) is 19.2. The lowest BCUT2D eigenvalue weighted by Gasteiger charge is -2.20. The molecule has 0 radical (unpaired) electrons. The molecule has 3 rings (SSSR count). The summed E-state index contributed by atoms with van der Waals surface area (Å²) in [6.07, 6.45) is 3.29. The number of hydrogen-bond donors (Lipinski definition) is 2. The minimum absolute atomic E-state index is 0.0701. The van der Waals surface area contributed by atoms with Gasteiger partial charge < -0.3 is 14.6 Å². The fraction of sp³-hybridized carbons (Fsp3) is 0.280. The second kappa shape index (κ2) is 11.5. The van der Waals surface area contributed by atoms with E-state index in [-0.39, 0.29) is 24.3 Å². The summed E-state index contributed by atoms with van der Waals surface area (Å²) in [7, 11) is 0. The first-order valence-corrected chi connectivity index (χ1v) is 11.3. The van der Waals surface area contributed by atoms with Crippen molar-refractivity contribution in [3.05, 3.63) is 70.9 Å². The van der Waals surface area contributed by atoms with Crippen molar-refractivity contribution < 1.29 is 19.1 Å². The minimum atomic E-state index is -0.787. The maximum Gasteiger partial charge on any atom is 0.325 e. The van der Waals surface area contributed by atoms with Gasteiger partial charge in [-0.25, -0.2) is 5.43 Å². The van der Waals surface area contributed by atoms with Crippen LogP contribution in [-0.2, 0) is 20.9 Å². The van der Waals surface area contributed by atoms with E-state index < -0.39 is 11.9 Å². The standard InChI is InChI=1S/C25H27ClN4O4/c1-4-34-22(31)15-30-14-18(20-7-5-6-8-21(20)30)13-27-29-25(33)23(16(2)3)28-24(32)17-9-11-19(26)12-10-17/h5-14,16,23H,4,15H2,1-3H3,(H,28,32)(H,29,33). The van der Waals surface area contributed by atoms with E-state index in [9.17, 15) is 14.4 Å². The second-order valence-electron chi connectivity index (χ2n) is 7.97. The fourth-order valence-electron chi connectivity index (χ4n) is 3.45. The summed E-state index contributed by atoms with van der Waals surface area (Å²) >= 11 is 5.87. The number of halogens is 1. The van der Waals surface area contributed by atoms with Gasteiger partial charge in [-0.15, -0.1) is 0 Å². The Morgan fingerprint density at radius 1 is 1.12 bits per heavy atom. The van der Waals surface area contributed by atoms with Crippen LogP contribution in [0.15, 0.2) is 59.8 Å². The molecule has 0 aliphatic rings. The molecular weight excluding hydrogens is 456 g/mol. The van der Waals surface area contributed by atoms with E-state index in [0.717, 1.165) is 16.5 Å². The molecule has 0 saturated carbocycles. The Hall–Kier alpha value is -3.65. The van der Waals surface area contributed by atoms with Crippen molar-refractivity contribution in [2.75, 3.05) is 6.61 Å². The number of nitrogens with one attached hydrogen (secondary N) is 2. The van der Waals surface area contributed by atoms with Gasteiger partial charge in [0.25, 0.3) is 11.8 Å². The Balaban J connectivity index is 1.71. The van der Waals surface area contributed by atoms with Gasteiger partial charge in [-0.05, 0) is 43.2 Å². The lowest BCUT2D eigenvalue weighted by Crippen LogP contribution is -2.48. The molecule has 3 aromatic rings. The van der Waals surface area contributed by atoms with Crippen LogP contribution in [0.3, 0.4) is 0 Å². The van der Waals surface area contributed by atoms with E-state index in [2.05, 4.69) is 15.8 Å². The number of para-hydroxylation sites is 1. The summed E-state index contributed by atoms with van der Waals surface area (Å²) in [6, 6.07) is 13.2. The molecule has 2 aromatic carbocycles. The third-order valence-electron chi connectivity index (χ3n) is 5.14. The third kappa shape index (κ3) is 6.23. The molecule has 0 aliphatic carbocycles. The molecule has 34 heavy (non-hydrogen) atoms. The SMILES string of the molecule is CCOC(=O)Cn1cc(C=NNC(=O)C(NC(=O)c2ccc(Cl)cc2)C(C)C)c2ccccc21. The summed E-state index contributed by atoms with van der Waals surface area (Å²) in [5, 5.41) is 8.23. The number of aromatic nitrogens is 1. The summed E-state index contributed by atoms with van der Waals surface area (Å²) in [4.78, 5) is 37.2. The molecule has 0 fully saturated rings. The normalized spacial score (nSPS) is 12.1. The Kier molecular flexibility index (Phi) is 8.43. The smallest absolute Gasteiger partial charge is 0.325 e. The van der Waals surface area contributed by atoms with Crippen molar-refractivity contribution in [2.45, 2.75) is 33.4 Å². The number of benzene rings is 2. The Labute approximate surface area is 202 Å². The van der Waals surface area contributed by atoms with Crippen LogP contribution in [0.25, 0.3) is 10.9 Å². The first kappa shape index (κ1) is 25.0. The van der Waals surface area contributed by atoms with Gasteiger partial charge >= 0.3 is 5.97 Å². The number of hydrogen-bond acceptors (Lipinski definition) is 5. The van der Waals surface area contributed by atoms with E-state index in [1.165, 1.54) is 6.21 Å². The van der Waals surface area contributed by atoms with Crippen LogP contribution in [0.2, 0.25) is 5.02 Å². The summed E-state index contributed by atoms with van der Waals surface area (Å²) < 4.78 is 6.82. The number of ether oxygens (including phenoxy) is 1. The summed E-state index contributed by atoms with van der Waals surface area (Å²) in [6.45, 7) is 5.80. The number of carbonyl (C=O) groups is 3. The Morgan fingerprint density at radius 2 is 1.82 bits per heavy atom. The molecule has 178 valence electrons. The highest BCUT2D eigenvalue weighted by molar-refractivity contribution is 6.30. The van der Waals surface area contributed by atoms with Crippen LogP contribution in [0.1, 0.15) is 36.7 Å². The van der Waals surface area contributed by atoms with E-state index in [1.807, 2.05) is 38.1 Å². The van der Waals surface area contributed by atoms with Crippen molar-refractivity contribution in [3.8, 4) is 0 Å². The topological polar surface area (TPSA) is 102 Å². The van der Waals surface area contributed by atoms with Gasteiger partial charge in [-0.2, -0.15) is 5.10 Å². The molecule has 1 aromatic heterocycles. The largest absolute Gasteiger partial charge is 0.465 e. The van der Waals surface area contributed by atoms with Crippen molar-refractivity contribution in [3.63, 3.8) is 0 Å². The number of carbonyl (C=O) groups excluding carboxylic acids is 3. The van der Waals surface area contributed by atoms with Crippen molar-refractivity contribution in [2.24, 2.45) is 11.0 Å². The Morgan fingerprint density at radius 3 is 2.50 bits per heavy atom. The van der Waals surface area contributed by atoms with Gasteiger partial charge in [0, 0.05) is 33.2 Å². The van der Waals surface area contributed by atoms with E-state index in [4.69, 9.17) is 16.3 Å². The number of rotatable bonds is 9. The van der Waals surface area contributed by atoms with Gasteiger partial charge in [0.15, 0.2) is 0 Å². The second-order valence-corrected chi connectivity index (χ2v) is 8.41. The number of fused-ring (bicyclic) bond motifs is 1. The maximum atomic E-state index is 12.8. The first-order valence-electron chi connectivity index (χ1n) is 10.9. The van der Waals surface area contributed by atoms with Crippen molar-refractivity contribution >= 4 is 46.5 Å². The van der Waals surface area contributed by atoms with Crippen LogP contribution in [-0.4, -0.2) is 41.2 Å². The average Bonchev–Trinajstić information content (AvgIpc) is 3.15. The number of hydrazone groups is 1. The highest BCUT2D eigenvalue weighted by Gasteiger charge is 2.24. The molecule has 2 N–H and O–H groups in total. The predicted octanol–water partition coefficient (Wildman–Crippen LogP) is 3.76. The molecule has 8 nitrogen and oxygen atoms in total. The van der Waals surface area contributed by atoms with Gasteiger partial charge in [0.2, 0.25) is 0 Å². The molecule has 1 unspecified atom stereocenters. The van der Waals surface area contributed by atoms with Gasteiger partial charge in [-0.3, -0.25) is 14.4 Å². The average molecular weight is 483 g/mol. The molecule has 0 bridgehead atoms. The van der Waals surface area contributed by atoms with Crippen molar-refractivity contribution in [1.29, 1.82) is 0 Å². The molecular formula is C25H27ClN4O4. The third-order valence-corrected chi connectivity index (χ3v) is 5.40. The van der Waals surface area contributed by atoms with Crippen LogP contribution in [0.5, 0.6) is 0 Å². The van der Waals surface area contributed by atoms with Crippen LogP contribution in [0.4, 0.5) is 0 Å². The Bertz CT molecular complexity index is 1200. The zero-order chi connectivity index (χ0) is 24.7. The molecule has 9 heteroatoms. The molecule has 0 spiro atoms. The highest BCUT2D eigenvalue weighted by Crippen LogP contribution is 2.20. The van der Waals surface area contributed by atoms with E-state index in [0.29, 0.717) is 17.2 Å². The highest BCUT2D eigenvalue weighted by atomic mass is 35.5. The lowest BCUT2D eigenvalue weighted by molar-refractivity contribution is -0.143. The van der Waals surface area contributed by atoms with Crippen LogP contribution in [0, 0.1) is 5.92 Å². The van der Waals surface area contributed by atoms with Crippen LogP contribution >= 0.6 is 11.6 Å². The number of nitrogens with zero attached hydrogens (tertiary/aromatic N) is 2. The van der Waals surface area contributed by atoms with E-state index >= 15 is 0 Å². The van der Waals surface area contributed by atoms with E-state index in [1.54, 1.807) is 42.0 Å². The summed E-state index contributed by atoms with van der Waals surface area (Å²) in [5.41, 5.74) is 4.49. The molecule has 2 amide bonds. The first-order chi connectivity index (χ1) is 16.3. The molecule has 0 aliphatic heterocycles. The molecule has 1 heterocycles. The minimum Gasteiger partial charge on any atom is -0.465 e. The molecule has 0 saturated heterocycles. The zero-order valence-corrected chi connectivity index (χ0v) is 20.0. The summed E-state index contributed by atoms with van der Waals surface area (Å²) in [5.74, 6) is -1.32. The van der Waals surface area contributed by atoms with Gasteiger partial charge in [0.1, 0.15) is 12.6 Å². The predicted molar refractivity (Wildman–Crippen MR) is 132 cm³/mol. The van der Waals surface area contributed by atoms with Gasteiger partial charge in [-0.1, -0.05) is 43.6 Å².